The van der Waals surface area contributed by atoms with Crippen LogP contribution in [0.2, 0.25) is 5.02 Å². The summed E-state index contributed by atoms with van der Waals surface area (Å²) in [5.41, 5.74) is 2.25. The van der Waals surface area contributed by atoms with Crippen LogP contribution in [-0.2, 0) is 4.74 Å². The average Bonchev–Trinajstić information content (AvgIpc) is 3.09. The molecule has 6 nitrogen and oxygen atoms in total. The molecule has 1 N–H and O–H groups in total. The second-order valence-electron chi connectivity index (χ2n) is 6.69. The van der Waals surface area contributed by atoms with Crippen molar-refractivity contribution >= 4 is 28.8 Å². The number of ether oxygens (including phenoxy) is 2. The summed E-state index contributed by atoms with van der Waals surface area (Å²) in [7, 11) is 1.49. The minimum atomic E-state index is -0.527. The number of pyridine rings is 1. The zero-order valence-electron chi connectivity index (χ0n) is 15.2. The summed E-state index contributed by atoms with van der Waals surface area (Å²) >= 11 is 5.86. The monoisotopic (exact) mass is 403 g/mol. The number of carbonyl (C=O) groups is 1. The molecule has 4 rings (SSSR count). The molecule has 0 spiro atoms. The van der Waals surface area contributed by atoms with Gasteiger partial charge in [-0.3, -0.25) is 4.79 Å². The third-order valence-electron chi connectivity index (χ3n) is 4.80. The molecule has 0 bridgehead atoms. The Morgan fingerprint density at radius 3 is 2.79 bits per heavy atom. The van der Waals surface area contributed by atoms with E-state index in [4.69, 9.17) is 21.1 Å². The second-order valence-corrected chi connectivity index (χ2v) is 7.12. The lowest BCUT2D eigenvalue weighted by molar-refractivity contribution is 0.0846. The number of halogens is 2. The maximum atomic E-state index is 13.5. The second kappa shape index (κ2) is 7.77. The van der Waals surface area contributed by atoms with Gasteiger partial charge >= 0.3 is 0 Å². The number of benzene rings is 1. The van der Waals surface area contributed by atoms with Crippen LogP contribution in [0.1, 0.15) is 34.8 Å². The Hall–Kier alpha value is -2.64. The molecule has 28 heavy (non-hydrogen) atoms. The fourth-order valence-corrected chi connectivity index (χ4v) is 3.61. The van der Waals surface area contributed by atoms with Crippen LogP contribution in [0, 0.1) is 5.82 Å². The molecule has 0 atom stereocenters. The maximum absolute atomic E-state index is 13.5. The minimum absolute atomic E-state index is 0.202. The first kappa shape index (κ1) is 18.7. The van der Waals surface area contributed by atoms with Crippen LogP contribution in [0.15, 0.2) is 36.7 Å². The van der Waals surface area contributed by atoms with E-state index in [0.29, 0.717) is 22.9 Å². The number of nitrogens with one attached hydrogen (secondary N) is 1. The smallest absolute Gasteiger partial charge is 0.260 e. The van der Waals surface area contributed by atoms with Crippen LogP contribution in [0.4, 0.5) is 10.1 Å². The third-order valence-corrected chi connectivity index (χ3v) is 5.02. The Bertz CT molecular complexity index is 1010. The molecular formula is C20H19ClFN3O3. The molecule has 0 unspecified atom stereocenters. The summed E-state index contributed by atoms with van der Waals surface area (Å²) in [6, 6.07) is 5.58. The SMILES string of the molecule is COc1cc2nc(C3CCOCC3)cn2cc1C(=O)Nc1cc(F)cc(Cl)c1. The van der Waals surface area contributed by atoms with E-state index < -0.39 is 11.7 Å². The van der Waals surface area contributed by atoms with Gasteiger partial charge in [-0.05, 0) is 31.0 Å². The first-order valence-corrected chi connectivity index (χ1v) is 9.33. The molecule has 1 aliphatic rings. The molecule has 3 aromatic rings. The predicted molar refractivity (Wildman–Crippen MR) is 104 cm³/mol. The van der Waals surface area contributed by atoms with E-state index in [1.807, 2.05) is 6.20 Å². The third kappa shape index (κ3) is 3.81. The zero-order chi connectivity index (χ0) is 19.7. The fraction of sp³-hybridized carbons (Fsp3) is 0.300. The molecule has 8 heteroatoms. The molecule has 1 saturated heterocycles. The van der Waals surface area contributed by atoms with Crippen molar-refractivity contribution in [3.05, 3.63) is 58.8 Å². The van der Waals surface area contributed by atoms with Crippen molar-refractivity contribution < 1.29 is 18.7 Å². The molecule has 0 radical (unpaired) electrons. The standard InChI is InChI=1S/C20H19ClFN3O3/c1-27-18-9-19-24-17(12-2-4-28-5-3-12)11-25(19)10-16(18)20(26)23-15-7-13(21)6-14(22)8-15/h6-12H,2-5H2,1H3,(H,23,26). The Morgan fingerprint density at radius 2 is 2.07 bits per heavy atom. The van der Waals surface area contributed by atoms with Crippen LogP contribution in [-0.4, -0.2) is 35.6 Å². The maximum Gasteiger partial charge on any atom is 0.260 e. The van der Waals surface area contributed by atoms with Crippen molar-refractivity contribution in [1.82, 2.24) is 9.38 Å². The molecule has 1 aromatic carbocycles. The molecule has 1 aliphatic heterocycles. The van der Waals surface area contributed by atoms with Gasteiger partial charge in [-0.25, -0.2) is 9.37 Å². The minimum Gasteiger partial charge on any atom is -0.496 e. The molecule has 0 saturated carbocycles. The summed E-state index contributed by atoms with van der Waals surface area (Å²) in [5.74, 6) is -0.231. The normalized spacial score (nSPS) is 15.0. The van der Waals surface area contributed by atoms with Gasteiger partial charge in [0.2, 0.25) is 0 Å². The van der Waals surface area contributed by atoms with Crippen LogP contribution < -0.4 is 10.1 Å². The largest absolute Gasteiger partial charge is 0.496 e. The Kier molecular flexibility index (Phi) is 5.19. The highest BCUT2D eigenvalue weighted by Crippen LogP contribution is 2.29. The highest BCUT2D eigenvalue weighted by molar-refractivity contribution is 6.31. The van der Waals surface area contributed by atoms with Crippen molar-refractivity contribution in [2.24, 2.45) is 0 Å². The number of carbonyl (C=O) groups excluding carboxylic acids is 1. The van der Waals surface area contributed by atoms with E-state index in [9.17, 15) is 9.18 Å². The van der Waals surface area contributed by atoms with Crippen LogP contribution in [0.5, 0.6) is 5.75 Å². The molecule has 2 aromatic heterocycles. The Balaban J connectivity index is 1.66. The molecule has 1 amide bonds. The number of methoxy groups -OCH3 is 1. The molecule has 1 fully saturated rings. The summed E-state index contributed by atoms with van der Waals surface area (Å²) < 4.78 is 26.1. The highest BCUT2D eigenvalue weighted by Gasteiger charge is 2.21. The van der Waals surface area contributed by atoms with E-state index >= 15 is 0 Å². The van der Waals surface area contributed by atoms with Crippen molar-refractivity contribution in [1.29, 1.82) is 0 Å². The van der Waals surface area contributed by atoms with E-state index in [-0.39, 0.29) is 10.7 Å². The van der Waals surface area contributed by atoms with Gasteiger partial charge in [0.15, 0.2) is 0 Å². The van der Waals surface area contributed by atoms with Gasteiger partial charge < -0.3 is 19.2 Å². The van der Waals surface area contributed by atoms with E-state index in [1.54, 1.807) is 16.7 Å². The highest BCUT2D eigenvalue weighted by atomic mass is 35.5. The predicted octanol–water partition coefficient (Wildman–Crippen LogP) is 4.28. The van der Waals surface area contributed by atoms with E-state index in [1.165, 1.54) is 25.3 Å². The molecular weight excluding hydrogens is 385 g/mol. The summed E-state index contributed by atoms with van der Waals surface area (Å²) in [5, 5.41) is 2.86. The first-order chi connectivity index (χ1) is 13.5. The quantitative estimate of drug-likeness (QED) is 0.706. The number of imidazole rings is 1. The van der Waals surface area contributed by atoms with Crippen LogP contribution >= 0.6 is 11.6 Å². The van der Waals surface area contributed by atoms with Crippen LogP contribution in [0.3, 0.4) is 0 Å². The van der Waals surface area contributed by atoms with Crippen molar-refractivity contribution in [3.63, 3.8) is 0 Å². The average molecular weight is 404 g/mol. The van der Waals surface area contributed by atoms with Gasteiger partial charge in [-0.1, -0.05) is 11.6 Å². The number of hydrogen-bond acceptors (Lipinski definition) is 4. The van der Waals surface area contributed by atoms with Gasteiger partial charge in [0.25, 0.3) is 5.91 Å². The fourth-order valence-electron chi connectivity index (χ4n) is 3.39. The van der Waals surface area contributed by atoms with Crippen molar-refractivity contribution in [2.45, 2.75) is 18.8 Å². The number of hydrogen-bond donors (Lipinski definition) is 1. The number of rotatable bonds is 4. The van der Waals surface area contributed by atoms with E-state index in [0.717, 1.165) is 31.7 Å². The first-order valence-electron chi connectivity index (χ1n) is 8.95. The molecule has 3 heterocycles. The Morgan fingerprint density at radius 1 is 1.29 bits per heavy atom. The molecule has 0 aliphatic carbocycles. The topological polar surface area (TPSA) is 64.9 Å². The van der Waals surface area contributed by atoms with E-state index in [2.05, 4.69) is 10.3 Å². The lowest BCUT2D eigenvalue weighted by Crippen LogP contribution is -2.14. The lowest BCUT2D eigenvalue weighted by Gasteiger charge is -2.19. The van der Waals surface area contributed by atoms with Crippen molar-refractivity contribution in [3.8, 4) is 5.75 Å². The zero-order valence-corrected chi connectivity index (χ0v) is 16.0. The van der Waals surface area contributed by atoms with Gasteiger partial charge in [0, 0.05) is 48.3 Å². The number of fused-ring (bicyclic) bond motifs is 1. The van der Waals surface area contributed by atoms with Gasteiger partial charge in [-0.15, -0.1) is 0 Å². The summed E-state index contributed by atoms with van der Waals surface area (Å²) in [6.45, 7) is 1.46. The van der Waals surface area contributed by atoms with Gasteiger partial charge in [-0.2, -0.15) is 0 Å². The van der Waals surface area contributed by atoms with Crippen molar-refractivity contribution in [2.75, 3.05) is 25.6 Å². The summed E-state index contributed by atoms with van der Waals surface area (Å²) in [4.78, 5) is 17.4. The van der Waals surface area contributed by atoms with Gasteiger partial charge in [0.05, 0.1) is 18.4 Å². The number of nitrogens with zero attached hydrogens (tertiary/aromatic N) is 2. The van der Waals surface area contributed by atoms with Crippen LogP contribution in [0.25, 0.3) is 5.65 Å². The molecule has 146 valence electrons. The van der Waals surface area contributed by atoms with Gasteiger partial charge in [0.1, 0.15) is 17.2 Å². The lowest BCUT2D eigenvalue weighted by atomic mass is 9.97. The summed E-state index contributed by atoms with van der Waals surface area (Å²) in [6.07, 6.45) is 5.45. The number of aromatic nitrogens is 2. The Labute approximate surface area is 166 Å². The number of amides is 1. The number of anilines is 1.